The Morgan fingerprint density at radius 2 is 2.40 bits per heavy atom. The average Bonchev–Trinajstić information content (AvgIpc) is 2.65. The van der Waals surface area contributed by atoms with E-state index >= 15 is 0 Å². The van der Waals surface area contributed by atoms with Gasteiger partial charge in [0, 0.05) is 13.1 Å². The molecule has 0 bridgehead atoms. The highest BCUT2D eigenvalue weighted by molar-refractivity contribution is 9.10. The number of carbonyl (C=O) groups is 1. The van der Waals surface area contributed by atoms with E-state index in [9.17, 15) is 9.90 Å². The van der Waals surface area contributed by atoms with Gasteiger partial charge in [0.1, 0.15) is 4.83 Å². The summed E-state index contributed by atoms with van der Waals surface area (Å²) in [4.78, 5) is 13.1. The summed E-state index contributed by atoms with van der Waals surface area (Å²) in [5, 5.41) is 9.43. The summed E-state index contributed by atoms with van der Waals surface area (Å²) < 4.78 is 4.63. The van der Waals surface area contributed by atoms with Crippen molar-refractivity contribution in [2.75, 3.05) is 26.7 Å². The van der Waals surface area contributed by atoms with Crippen molar-refractivity contribution >= 4 is 21.9 Å². The van der Waals surface area contributed by atoms with Crippen LogP contribution >= 0.6 is 15.9 Å². The summed E-state index contributed by atoms with van der Waals surface area (Å²) in [6.07, 6.45) is 0.736. The van der Waals surface area contributed by atoms with E-state index in [1.54, 1.807) is 0 Å². The number of ether oxygens (including phenoxy) is 1. The second-order valence-electron chi connectivity index (χ2n) is 4.04. The van der Waals surface area contributed by atoms with Gasteiger partial charge < -0.3 is 14.7 Å². The van der Waals surface area contributed by atoms with Gasteiger partial charge in [-0.2, -0.15) is 0 Å². The number of aliphatic hydroxyl groups is 1. The largest absolute Gasteiger partial charge is 0.468 e. The van der Waals surface area contributed by atoms with Crippen molar-refractivity contribution in [2.24, 2.45) is 5.92 Å². The molecule has 0 amide bonds. The second-order valence-corrected chi connectivity index (χ2v) is 5.14. The molecule has 1 saturated heterocycles. The van der Waals surface area contributed by atoms with Gasteiger partial charge in [-0.25, -0.2) is 0 Å². The van der Waals surface area contributed by atoms with Crippen LogP contribution in [-0.2, 0) is 9.53 Å². The Kier molecular flexibility index (Phi) is 5.02. The van der Waals surface area contributed by atoms with Crippen LogP contribution in [0.1, 0.15) is 13.3 Å². The van der Waals surface area contributed by atoms with Gasteiger partial charge in [0.25, 0.3) is 0 Å². The van der Waals surface area contributed by atoms with Crippen molar-refractivity contribution in [1.82, 2.24) is 4.90 Å². The third-order valence-corrected chi connectivity index (χ3v) is 3.53. The number of nitrogens with zero attached hydrogens (tertiary/aromatic N) is 1. The summed E-state index contributed by atoms with van der Waals surface area (Å²) in [6, 6.07) is 0. The number of carbonyl (C=O) groups excluding carboxylic acids is 1. The Bertz CT molecular complexity index is 223. The summed E-state index contributed by atoms with van der Waals surface area (Å²) in [6.45, 7) is 4.27. The molecule has 0 saturated carbocycles. The standard InChI is InChI=1S/C10H18BrNO3/c1-7(13)8-3-4-12(5-8)6-9(11)10(14)15-2/h7-9,13H,3-6H2,1-2H3. The van der Waals surface area contributed by atoms with Gasteiger partial charge in [-0.05, 0) is 25.8 Å². The highest BCUT2D eigenvalue weighted by atomic mass is 79.9. The number of aliphatic hydroxyl groups excluding tert-OH is 1. The van der Waals surface area contributed by atoms with Gasteiger partial charge in [0.2, 0.25) is 0 Å². The highest BCUT2D eigenvalue weighted by Crippen LogP contribution is 2.20. The van der Waals surface area contributed by atoms with Gasteiger partial charge in [0.05, 0.1) is 13.2 Å². The highest BCUT2D eigenvalue weighted by Gasteiger charge is 2.28. The van der Waals surface area contributed by atoms with E-state index < -0.39 is 0 Å². The van der Waals surface area contributed by atoms with E-state index in [2.05, 4.69) is 25.6 Å². The van der Waals surface area contributed by atoms with Gasteiger partial charge >= 0.3 is 5.97 Å². The zero-order chi connectivity index (χ0) is 11.4. The fraction of sp³-hybridized carbons (Fsp3) is 0.900. The zero-order valence-corrected chi connectivity index (χ0v) is 10.7. The molecule has 0 aromatic heterocycles. The third-order valence-electron chi connectivity index (χ3n) is 2.87. The zero-order valence-electron chi connectivity index (χ0n) is 9.15. The predicted octanol–water partition coefficient (Wildman–Crippen LogP) is 0.626. The Morgan fingerprint density at radius 3 is 2.87 bits per heavy atom. The Hall–Kier alpha value is -0.130. The lowest BCUT2D eigenvalue weighted by atomic mass is 10.0. The van der Waals surface area contributed by atoms with Crippen LogP contribution in [0.4, 0.5) is 0 Å². The monoisotopic (exact) mass is 279 g/mol. The van der Waals surface area contributed by atoms with Gasteiger partial charge in [-0.3, -0.25) is 4.79 Å². The minimum atomic E-state index is -0.268. The molecule has 1 aliphatic heterocycles. The summed E-state index contributed by atoms with van der Waals surface area (Å²) in [5.74, 6) is 0.0952. The number of alkyl halides is 1. The first-order valence-corrected chi connectivity index (χ1v) is 6.08. The van der Waals surface area contributed by atoms with Crippen molar-refractivity contribution < 1.29 is 14.6 Å². The molecule has 15 heavy (non-hydrogen) atoms. The van der Waals surface area contributed by atoms with Gasteiger partial charge in [-0.1, -0.05) is 15.9 Å². The van der Waals surface area contributed by atoms with Crippen molar-refractivity contribution in [1.29, 1.82) is 0 Å². The Morgan fingerprint density at radius 1 is 1.73 bits per heavy atom. The van der Waals surface area contributed by atoms with E-state index in [0.29, 0.717) is 12.5 Å². The number of methoxy groups -OCH3 is 1. The molecular weight excluding hydrogens is 262 g/mol. The van der Waals surface area contributed by atoms with Crippen molar-refractivity contribution in [3.05, 3.63) is 0 Å². The van der Waals surface area contributed by atoms with Crippen LogP contribution in [0.2, 0.25) is 0 Å². The van der Waals surface area contributed by atoms with E-state index in [1.807, 2.05) is 6.92 Å². The minimum Gasteiger partial charge on any atom is -0.468 e. The summed E-state index contributed by atoms with van der Waals surface area (Å²) >= 11 is 3.29. The SMILES string of the molecule is COC(=O)C(Br)CN1CCC(C(C)O)C1. The second kappa shape index (κ2) is 5.82. The van der Waals surface area contributed by atoms with Crippen LogP contribution in [0, 0.1) is 5.92 Å². The number of hydrogen-bond donors (Lipinski definition) is 1. The molecule has 1 N–H and O–H groups in total. The van der Waals surface area contributed by atoms with E-state index in [-0.39, 0.29) is 16.9 Å². The lowest BCUT2D eigenvalue weighted by Gasteiger charge is -2.19. The molecule has 0 spiro atoms. The van der Waals surface area contributed by atoms with Crippen molar-refractivity contribution in [3.8, 4) is 0 Å². The smallest absolute Gasteiger partial charge is 0.320 e. The van der Waals surface area contributed by atoms with Crippen molar-refractivity contribution in [2.45, 2.75) is 24.3 Å². The van der Waals surface area contributed by atoms with Crippen LogP contribution in [0.3, 0.4) is 0 Å². The maximum absolute atomic E-state index is 11.2. The molecule has 1 rings (SSSR count). The quantitative estimate of drug-likeness (QED) is 0.606. The summed E-state index contributed by atoms with van der Waals surface area (Å²) in [5.41, 5.74) is 0. The lowest BCUT2D eigenvalue weighted by molar-refractivity contribution is -0.140. The molecule has 1 aliphatic rings. The molecule has 1 heterocycles. The average molecular weight is 280 g/mol. The number of rotatable bonds is 4. The first-order chi connectivity index (χ1) is 7.04. The fourth-order valence-corrected chi connectivity index (χ4v) is 2.45. The topological polar surface area (TPSA) is 49.8 Å². The van der Waals surface area contributed by atoms with Crippen LogP contribution in [0.5, 0.6) is 0 Å². The van der Waals surface area contributed by atoms with Gasteiger partial charge in [0.15, 0.2) is 0 Å². The molecule has 0 aliphatic carbocycles. The number of esters is 1. The first kappa shape index (κ1) is 12.9. The first-order valence-electron chi connectivity index (χ1n) is 5.17. The normalized spacial score (nSPS) is 26.3. The maximum atomic E-state index is 11.2. The maximum Gasteiger partial charge on any atom is 0.320 e. The number of halogens is 1. The van der Waals surface area contributed by atoms with Crippen LogP contribution in [0.25, 0.3) is 0 Å². The molecule has 5 heteroatoms. The van der Waals surface area contributed by atoms with Gasteiger partial charge in [-0.15, -0.1) is 0 Å². The molecular formula is C10H18BrNO3. The minimum absolute atomic E-state index is 0.240. The Labute approximate surface area is 98.7 Å². The van der Waals surface area contributed by atoms with Crippen molar-refractivity contribution in [3.63, 3.8) is 0 Å². The predicted molar refractivity (Wildman–Crippen MR) is 61.0 cm³/mol. The van der Waals surface area contributed by atoms with E-state index in [4.69, 9.17) is 0 Å². The number of hydrogen-bond acceptors (Lipinski definition) is 4. The lowest BCUT2D eigenvalue weighted by Crippen LogP contribution is -2.33. The third kappa shape index (κ3) is 3.74. The Balaban J connectivity index is 2.32. The molecule has 0 radical (unpaired) electrons. The fourth-order valence-electron chi connectivity index (χ4n) is 1.85. The molecule has 3 atom stereocenters. The molecule has 88 valence electrons. The van der Waals surface area contributed by atoms with Crippen LogP contribution in [-0.4, -0.2) is 53.7 Å². The molecule has 1 fully saturated rings. The molecule has 4 nitrogen and oxygen atoms in total. The van der Waals surface area contributed by atoms with E-state index in [0.717, 1.165) is 19.5 Å². The van der Waals surface area contributed by atoms with Crippen LogP contribution in [0.15, 0.2) is 0 Å². The molecule has 0 aromatic rings. The molecule has 3 unspecified atom stereocenters. The summed E-state index contributed by atoms with van der Waals surface area (Å²) in [7, 11) is 1.39. The van der Waals surface area contributed by atoms with E-state index in [1.165, 1.54) is 7.11 Å². The molecule has 0 aromatic carbocycles. The van der Waals surface area contributed by atoms with Crippen LogP contribution < -0.4 is 0 Å². The number of likely N-dealkylation sites (tertiary alicyclic amines) is 1.